The molecule has 0 aliphatic carbocycles. The van der Waals surface area contributed by atoms with Crippen molar-refractivity contribution >= 4 is 34.0 Å². The summed E-state index contributed by atoms with van der Waals surface area (Å²) >= 11 is 0. The minimum atomic E-state index is -0.667. The number of nitrogens with zero attached hydrogens (tertiary/aromatic N) is 2. The standard InChI is InChI=1S/C23H25FN4O2/c1-4-19(29)28-10-9-15-11-27(12-18(15)28)22(14(3)24)20-16-7-5-6-8-17(16)26-21(20)13(2)23(25)30/h4-8,15,18,26H,1-2,9-12H2,3H3,(H2,25,30)/b22-14-. The van der Waals surface area contributed by atoms with Crippen LogP contribution in [-0.4, -0.2) is 52.3 Å². The highest BCUT2D eigenvalue weighted by atomic mass is 19.1. The molecule has 2 fully saturated rings. The third-order valence-corrected chi connectivity index (χ3v) is 6.19. The van der Waals surface area contributed by atoms with Crippen molar-refractivity contribution in [3.8, 4) is 0 Å². The number of rotatable bonds is 5. The summed E-state index contributed by atoms with van der Waals surface area (Å²) < 4.78 is 15.0. The summed E-state index contributed by atoms with van der Waals surface area (Å²) in [6.45, 7) is 10.7. The van der Waals surface area contributed by atoms with Crippen molar-refractivity contribution < 1.29 is 14.0 Å². The van der Waals surface area contributed by atoms with E-state index in [1.54, 1.807) is 0 Å². The highest BCUT2D eigenvalue weighted by Crippen LogP contribution is 2.41. The number of fused-ring (bicyclic) bond motifs is 2. The Morgan fingerprint density at radius 2 is 2.03 bits per heavy atom. The van der Waals surface area contributed by atoms with Gasteiger partial charge in [-0.1, -0.05) is 31.4 Å². The molecule has 30 heavy (non-hydrogen) atoms. The number of benzene rings is 1. The Hall–Kier alpha value is -3.35. The minimum Gasteiger partial charge on any atom is -0.366 e. The van der Waals surface area contributed by atoms with Crippen molar-refractivity contribution in [3.63, 3.8) is 0 Å². The number of H-pyrrole nitrogens is 1. The predicted molar refractivity (Wildman–Crippen MR) is 116 cm³/mol. The van der Waals surface area contributed by atoms with Gasteiger partial charge in [-0.25, -0.2) is 4.39 Å². The van der Waals surface area contributed by atoms with Crippen LogP contribution in [0.25, 0.3) is 22.2 Å². The average molecular weight is 408 g/mol. The molecule has 1 aromatic carbocycles. The fourth-order valence-electron chi connectivity index (χ4n) is 4.82. The van der Waals surface area contributed by atoms with Crippen molar-refractivity contribution in [3.05, 3.63) is 60.6 Å². The molecule has 2 saturated heterocycles. The molecule has 2 aromatic rings. The topological polar surface area (TPSA) is 82.4 Å². The van der Waals surface area contributed by atoms with Gasteiger partial charge in [0.1, 0.15) is 5.83 Å². The zero-order valence-corrected chi connectivity index (χ0v) is 17.0. The number of halogens is 1. The number of likely N-dealkylation sites (tertiary alicyclic amines) is 2. The van der Waals surface area contributed by atoms with Crippen LogP contribution in [-0.2, 0) is 9.59 Å². The van der Waals surface area contributed by atoms with E-state index in [9.17, 15) is 9.59 Å². The number of allylic oxidation sites excluding steroid dienone is 1. The van der Waals surface area contributed by atoms with Crippen LogP contribution in [0, 0.1) is 5.92 Å². The normalized spacial score (nSPS) is 21.5. The molecule has 0 bridgehead atoms. The van der Waals surface area contributed by atoms with Crippen LogP contribution < -0.4 is 5.73 Å². The number of hydrogen-bond acceptors (Lipinski definition) is 3. The first kappa shape index (κ1) is 19.9. The highest BCUT2D eigenvalue weighted by molar-refractivity contribution is 6.20. The molecule has 7 heteroatoms. The van der Waals surface area contributed by atoms with Crippen LogP contribution >= 0.6 is 0 Å². The zero-order valence-electron chi connectivity index (χ0n) is 17.0. The maximum atomic E-state index is 15.0. The van der Waals surface area contributed by atoms with Crippen LogP contribution in [0.15, 0.2) is 49.3 Å². The van der Waals surface area contributed by atoms with Crippen LogP contribution in [0.1, 0.15) is 24.6 Å². The molecular weight excluding hydrogens is 383 g/mol. The molecule has 156 valence electrons. The van der Waals surface area contributed by atoms with Crippen LogP contribution in [0.3, 0.4) is 0 Å². The van der Waals surface area contributed by atoms with Crippen molar-refractivity contribution in [2.75, 3.05) is 19.6 Å². The van der Waals surface area contributed by atoms with E-state index in [1.165, 1.54) is 13.0 Å². The lowest BCUT2D eigenvalue weighted by Crippen LogP contribution is -2.38. The van der Waals surface area contributed by atoms with Gasteiger partial charge in [-0.15, -0.1) is 0 Å². The summed E-state index contributed by atoms with van der Waals surface area (Å²) in [6, 6.07) is 7.49. The van der Waals surface area contributed by atoms with E-state index < -0.39 is 5.91 Å². The number of aromatic amines is 1. The summed E-state index contributed by atoms with van der Waals surface area (Å²) in [5.41, 5.74) is 7.77. The highest BCUT2D eigenvalue weighted by Gasteiger charge is 2.44. The zero-order chi connectivity index (χ0) is 21.6. The van der Waals surface area contributed by atoms with Gasteiger partial charge >= 0.3 is 0 Å². The molecule has 1 aromatic heterocycles. The van der Waals surface area contributed by atoms with Crippen LogP contribution in [0.2, 0.25) is 0 Å². The summed E-state index contributed by atoms with van der Waals surface area (Å²) in [6.07, 6.45) is 2.20. The Morgan fingerprint density at radius 1 is 1.30 bits per heavy atom. The van der Waals surface area contributed by atoms with Gasteiger partial charge in [-0.2, -0.15) is 0 Å². The van der Waals surface area contributed by atoms with Gasteiger partial charge in [0.25, 0.3) is 0 Å². The van der Waals surface area contributed by atoms with Gasteiger partial charge < -0.3 is 20.5 Å². The molecule has 3 N–H and O–H groups in total. The molecule has 2 amide bonds. The molecule has 4 rings (SSSR count). The molecule has 0 saturated carbocycles. The van der Waals surface area contributed by atoms with Gasteiger partial charge in [-0.05, 0) is 25.5 Å². The van der Waals surface area contributed by atoms with E-state index in [1.807, 2.05) is 34.1 Å². The maximum absolute atomic E-state index is 15.0. The van der Waals surface area contributed by atoms with Crippen molar-refractivity contribution in [2.24, 2.45) is 11.7 Å². The number of hydrogen-bond donors (Lipinski definition) is 2. The molecule has 0 radical (unpaired) electrons. The van der Waals surface area contributed by atoms with E-state index >= 15 is 4.39 Å². The molecule has 3 heterocycles. The van der Waals surface area contributed by atoms with Gasteiger partial charge in [-0.3, -0.25) is 9.59 Å². The number of nitrogens with two attached hydrogens (primary N) is 1. The smallest absolute Gasteiger partial charge is 0.250 e. The molecule has 0 spiro atoms. The molecular formula is C23H25FN4O2. The quantitative estimate of drug-likeness (QED) is 0.746. The number of carbonyl (C=O) groups excluding carboxylic acids is 2. The van der Waals surface area contributed by atoms with Gasteiger partial charge in [0.2, 0.25) is 11.8 Å². The first-order valence-electron chi connectivity index (χ1n) is 9.98. The molecule has 2 aliphatic rings. The SMILES string of the molecule is C=CC(=O)N1CCC2CN(/C(=C(/C)F)c3c(C(=C)C(N)=O)[nH]c4ccccc34)CC21. The average Bonchev–Trinajstić information content (AvgIpc) is 3.40. The van der Waals surface area contributed by atoms with E-state index in [-0.39, 0.29) is 29.3 Å². The number of nitrogens with one attached hydrogen (secondary N) is 1. The summed E-state index contributed by atoms with van der Waals surface area (Å²) in [5.74, 6) is -0.863. The first-order valence-corrected chi connectivity index (χ1v) is 9.98. The van der Waals surface area contributed by atoms with Crippen molar-refractivity contribution in [1.82, 2.24) is 14.8 Å². The lowest BCUT2D eigenvalue weighted by molar-refractivity contribution is -0.126. The second-order valence-corrected chi connectivity index (χ2v) is 7.90. The second kappa shape index (κ2) is 7.48. The lowest BCUT2D eigenvalue weighted by atomic mass is 10.0. The van der Waals surface area contributed by atoms with Crippen molar-refractivity contribution in [2.45, 2.75) is 19.4 Å². The summed E-state index contributed by atoms with van der Waals surface area (Å²) in [5, 5.41) is 0.790. The Bertz CT molecular complexity index is 1100. The molecule has 2 unspecified atom stereocenters. The molecule has 2 atom stereocenters. The summed E-state index contributed by atoms with van der Waals surface area (Å²) in [4.78, 5) is 31.1. The number of primary amides is 1. The van der Waals surface area contributed by atoms with Gasteiger partial charge in [0.05, 0.1) is 23.0 Å². The van der Waals surface area contributed by atoms with E-state index in [4.69, 9.17) is 5.73 Å². The number of amides is 2. The third-order valence-electron chi connectivity index (χ3n) is 6.19. The van der Waals surface area contributed by atoms with E-state index in [0.29, 0.717) is 36.6 Å². The lowest BCUT2D eigenvalue weighted by Gasteiger charge is -2.27. The van der Waals surface area contributed by atoms with E-state index in [0.717, 1.165) is 17.3 Å². The molecule has 2 aliphatic heterocycles. The first-order chi connectivity index (χ1) is 14.3. The van der Waals surface area contributed by atoms with Gasteiger partial charge in [0, 0.05) is 42.0 Å². The van der Waals surface area contributed by atoms with Crippen LogP contribution in [0.4, 0.5) is 4.39 Å². The summed E-state index contributed by atoms with van der Waals surface area (Å²) in [7, 11) is 0. The largest absolute Gasteiger partial charge is 0.366 e. The van der Waals surface area contributed by atoms with Gasteiger partial charge in [0.15, 0.2) is 0 Å². The number of carbonyl (C=O) groups is 2. The monoisotopic (exact) mass is 408 g/mol. The fraction of sp³-hybridized carbons (Fsp3) is 0.304. The minimum absolute atomic E-state index is 0.0119. The Morgan fingerprint density at radius 3 is 2.70 bits per heavy atom. The third kappa shape index (κ3) is 3.10. The maximum Gasteiger partial charge on any atom is 0.250 e. The Balaban J connectivity index is 1.80. The fourth-order valence-corrected chi connectivity index (χ4v) is 4.82. The predicted octanol–water partition coefficient (Wildman–Crippen LogP) is 3.04. The number of para-hydroxylation sites is 1. The van der Waals surface area contributed by atoms with Crippen LogP contribution in [0.5, 0.6) is 0 Å². The Kier molecular flexibility index (Phi) is 4.97. The second-order valence-electron chi connectivity index (χ2n) is 7.90. The van der Waals surface area contributed by atoms with Crippen molar-refractivity contribution in [1.29, 1.82) is 0 Å². The Labute approximate surface area is 174 Å². The van der Waals surface area contributed by atoms with E-state index in [2.05, 4.69) is 18.1 Å². The number of aromatic nitrogens is 1. The molecule has 6 nitrogen and oxygen atoms in total.